The van der Waals surface area contributed by atoms with Crippen molar-refractivity contribution in [2.75, 3.05) is 35.6 Å². The van der Waals surface area contributed by atoms with Crippen LogP contribution in [-0.2, 0) is 17.9 Å². The summed E-state index contributed by atoms with van der Waals surface area (Å²) in [6.45, 7) is 12.5. The first-order valence-corrected chi connectivity index (χ1v) is 17.3. The predicted molar refractivity (Wildman–Crippen MR) is 197 cm³/mol. The third kappa shape index (κ3) is 7.42. The molecule has 1 aliphatic rings. The number of rotatable bonds is 12. The maximum absolute atomic E-state index is 13.3. The van der Waals surface area contributed by atoms with Gasteiger partial charge in [-0.05, 0) is 73.8 Å². The summed E-state index contributed by atoms with van der Waals surface area (Å²) in [6, 6.07) is 15.2. The second-order valence-electron chi connectivity index (χ2n) is 13.4. The van der Waals surface area contributed by atoms with Crippen LogP contribution in [0.15, 0.2) is 87.0 Å². The molecule has 0 bridgehead atoms. The van der Waals surface area contributed by atoms with E-state index >= 15 is 0 Å². The van der Waals surface area contributed by atoms with Gasteiger partial charge >= 0.3 is 5.82 Å². The number of fused-ring (bicyclic) bond motifs is 2. The van der Waals surface area contributed by atoms with Crippen LogP contribution >= 0.6 is 0 Å². The average molecular weight is 706 g/mol. The SMILES string of the molecule is C=C(F)C(=O)Nc1ccc2c(-c3ccccc3CNc3nc(NCC4CCN(Cc5oc(=O)oc5C)CC4)nc4c(C(C)C)cnn34)nccc2c1. The van der Waals surface area contributed by atoms with E-state index in [4.69, 9.17) is 23.8 Å². The van der Waals surface area contributed by atoms with Gasteiger partial charge in [0.15, 0.2) is 17.2 Å². The Bertz CT molecular complexity index is 2320. The minimum absolute atomic E-state index is 0.212. The maximum Gasteiger partial charge on any atom is 0.519 e. The number of likely N-dealkylation sites (tertiary alicyclic amines) is 1. The summed E-state index contributed by atoms with van der Waals surface area (Å²) in [4.78, 5) is 40.1. The van der Waals surface area contributed by atoms with Crippen molar-refractivity contribution in [2.45, 2.75) is 52.6 Å². The molecule has 6 aromatic rings. The van der Waals surface area contributed by atoms with Crippen molar-refractivity contribution in [1.82, 2.24) is 29.5 Å². The highest BCUT2D eigenvalue weighted by Crippen LogP contribution is 2.32. The number of hydrogen-bond acceptors (Lipinski definition) is 11. The number of pyridine rings is 1. The van der Waals surface area contributed by atoms with Gasteiger partial charge in [-0.2, -0.15) is 19.6 Å². The number of hydrogen-bond donors (Lipinski definition) is 3. The van der Waals surface area contributed by atoms with E-state index in [1.165, 1.54) is 0 Å². The summed E-state index contributed by atoms with van der Waals surface area (Å²) in [5, 5.41) is 15.9. The Balaban J connectivity index is 1.08. The fourth-order valence-electron chi connectivity index (χ4n) is 6.55. The summed E-state index contributed by atoms with van der Waals surface area (Å²) >= 11 is 0. The molecular weight excluding hydrogens is 665 g/mol. The van der Waals surface area contributed by atoms with E-state index in [2.05, 4.69) is 46.4 Å². The van der Waals surface area contributed by atoms with Crippen molar-refractivity contribution in [3.63, 3.8) is 0 Å². The molecule has 52 heavy (non-hydrogen) atoms. The Kier molecular flexibility index (Phi) is 9.81. The lowest BCUT2D eigenvalue weighted by molar-refractivity contribution is -0.114. The summed E-state index contributed by atoms with van der Waals surface area (Å²) in [5.41, 5.74) is 4.91. The molecule has 5 heterocycles. The molecule has 0 aliphatic carbocycles. The molecule has 0 spiro atoms. The molecule has 1 saturated heterocycles. The molecule has 4 aromatic heterocycles. The molecule has 3 N–H and O–H groups in total. The summed E-state index contributed by atoms with van der Waals surface area (Å²) in [5.74, 6) is 0.254. The first-order chi connectivity index (χ1) is 25.1. The molecule has 2 aromatic carbocycles. The Morgan fingerprint density at radius 2 is 1.88 bits per heavy atom. The molecule has 14 heteroatoms. The van der Waals surface area contributed by atoms with Gasteiger partial charge in [-0.15, -0.1) is 0 Å². The molecule has 0 unspecified atom stereocenters. The van der Waals surface area contributed by atoms with Gasteiger partial charge in [-0.1, -0.05) is 50.8 Å². The zero-order valence-electron chi connectivity index (χ0n) is 29.3. The van der Waals surface area contributed by atoms with Crippen LogP contribution in [-0.4, -0.2) is 55.0 Å². The normalized spacial score (nSPS) is 13.9. The number of anilines is 3. The van der Waals surface area contributed by atoms with E-state index in [0.29, 0.717) is 48.1 Å². The van der Waals surface area contributed by atoms with Crippen molar-refractivity contribution in [1.29, 1.82) is 0 Å². The summed E-state index contributed by atoms with van der Waals surface area (Å²) in [7, 11) is 0. The number of piperidine rings is 1. The van der Waals surface area contributed by atoms with Crippen molar-refractivity contribution >= 4 is 39.9 Å². The third-order valence-corrected chi connectivity index (χ3v) is 9.45. The number of nitrogens with one attached hydrogen (secondary N) is 3. The van der Waals surface area contributed by atoms with E-state index in [0.717, 1.165) is 71.3 Å². The average Bonchev–Trinajstić information content (AvgIpc) is 3.71. The highest BCUT2D eigenvalue weighted by molar-refractivity contribution is 6.04. The van der Waals surface area contributed by atoms with E-state index in [1.54, 1.807) is 29.8 Å². The number of carbonyl (C=O) groups excluding carboxylic acids is 1. The number of amides is 1. The Morgan fingerprint density at radius 1 is 1.08 bits per heavy atom. The van der Waals surface area contributed by atoms with Crippen LogP contribution in [0.4, 0.5) is 22.0 Å². The number of aromatic nitrogens is 5. The van der Waals surface area contributed by atoms with E-state index in [1.807, 2.05) is 42.6 Å². The molecule has 1 amide bonds. The molecule has 0 radical (unpaired) electrons. The van der Waals surface area contributed by atoms with Gasteiger partial charge in [-0.3, -0.25) is 14.7 Å². The van der Waals surface area contributed by atoms with Gasteiger partial charge in [0.2, 0.25) is 11.9 Å². The van der Waals surface area contributed by atoms with Gasteiger partial charge in [0.25, 0.3) is 5.91 Å². The number of nitrogens with zero attached hydrogens (tertiary/aromatic N) is 6. The van der Waals surface area contributed by atoms with Crippen LogP contribution in [0.3, 0.4) is 0 Å². The molecule has 0 atom stereocenters. The van der Waals surface area contributed by atoms with E-state index in [9.17, 15) is 14.0 Å². The van der Waals surface area contributed by atoms with Crippen LogP contribution in [0.2, 0.25) is 0 Å². The number of carbonyl (C=O) groups is 1. The Morgan fingerprint density at radius 3 is 2.63 bits per heavy atom. The Hall–Kier alpha value is -5.89. The van der Waals surface area contributed by atoms with Crippen LogP contribution in [0.5, 0.6) is 0 Å². The minimum atomic E-state index is -1.05. The molecule has 7 rings (SSSR count). The second kappa shape index (κ2) is 14.8. The topological polar surface area (TPSA) is 156 Å². The molecular formula is C38H40FN9O4. The fourth-order valence-corrected chi connectivity index (χ4v) is 6.55. The zero-order chi connectivity index (χ0) is 36.4. The Labute approximate surface area is 299 Å². The van der Waals surface area contributed by atoms with E-state index in [-0.39, 0.29) is 5.92 Å². The van der Waals surface area contributed by atoms with Gasteiger partial charge in [0, 0.05) is 41.5 Å². The molecule has 1 aliphatic heterocycles. The number of aryl methyl sites for hydroxylation is 1. The largest absolute Gasteiger partial charge is 0.519 e. The van der Waals surface area contributed by atoms with Gasteiger partial charge < -0.3 is 24.8 Å². The van der Waals surface area contributed by atoms with E-state index < -0.39 is 17.6 Å². The smallest absolute Gasteiger partial charge is 0.396 e. The van der Waals surface area contributed by atoms with Crippen molar-refractivity contribution in [3.05, 3.63) is 107 Å². The highest BCUT2D eigenvalue weighted by atomic mass is 19.1. The molecule has 1 fully saturated rings. The molecule has 0 saturated carbocycles. The van der Waals surface area contributed by atoms with Gasteiger partial charge in [0.05, 0.1) is 18.4 Å². The zero-order valence-corrected chi connectivity index (χ0v) is 29.3. The number of halogens is 1. The first-order valence-electron chi connectivity index (χ1n) is 17.3. The lowest BCUT2D eigenvalue weighted by Gasteiger charge is -2.31. The van der Waals surface area contributed by atoms with Crippen LogP contribution in [0, 0.1) is 12.8 Å². The summed E-state index contributed by atoms with van der Waals surface area (Å²) < 4.78 is 25.3. The van der Waals surface area contributed by atoms with Gasteiger partial charge in [-0.25, -0.2) is 9.18 Å². The third-order valence-electron chi connectivity index (χ3n) is 9.45. The lowest BCUT2D eigenvalue weighted by Crippen LogP contribution is -2.35. The quantitative estimate of drug-likeness (QED) is 0.117. The monoisotopic (exact) mass is 705 g/mol. The number of benzene rings is 2. The maximum atomic E-state index is 13.3. The summed E-state index contributed by atoms with van der Waals surface area (Å²) in [6.07, 6.45) is 5.52. The standard InChI is InChI=1S/C38H40FN9O4/c1-22(2)31-20-43-48-34(31)45-36(41-18-25-12-15-47(16-13-25)21-32-24(4)51-38(50)52-32)46-37(48)42-19-27-7-5-6-8-29(27)33-30-10-9-28(44-35(49)23(3)39)17-26(30)11-14-40-33/h5-11,14,17,20,22,25H,3,12-13,15-16,18-19,21H2,1-2,4H3,(H,44,49)(H2,41,42,45,46). The van der Waals surface area contributed by atoms with Crippen LogP contribution in [0.25, 0.3) is 27.7 Å². The second-order valence-corrected chi connectivity index (χ2v) is 13.4. The predicted octanol–water partition coefficient (Wildman–Crippen LogP) is 6.68. The van der Waals surface area contributed by atoms with Crippen LogP contribution in [0.1, 0.15) is 55.3 Å². The fraction of sp³-hybridized carbons (Fsp3) is 0.316. The van der Waals surface area contributed by atoms with Crippen LogP contribution < -0.4 is 21.8 Å². The highest BCUT2D eigenvalue weighted by Gasteiger charge is 2.23. The lowest BCUT2D eigenvalue weighted by atomic mass is 9.97. The van der Waals surface area contributed by atoms with Crippen molar-refractivity contribution < 1.29 is 18.0 Å². The molecule has 13 nitrogen and oxygen atoms in total. The van der Waals surface area contributed by atoms with Gasteiger partial charge in [0.1, 0.15) is 5.76 Å². The molecule has 268 valence electrons. The van der Waals surface area contributed by atoms with Crippen molar-refractivity contribution in [3.8, 4) is 11.3 Å². The first kappa shape index (κ1) is 34.6. The van der Waals surface area contributed by atoms with Crippen molar-refractivity contribution in [2.24, 2.45) is 5.92 Å². The minimum Gasteiger partial charge on any atom is -0.396 e.